The van der Waals surface area contributed by atoms with Crippen molar-refractivity contribution in [3.63, 3.8) is 0 Å². The van der Waals surface area contributed by atoms with E-state index in [9.17, 15) is 0 Å². The van der Waals surface area contributed by atoms with Crippen LogP contribution in [0, 0.1) is 12.8 Å². The number of aryl methyl sites for hydroxylation is 1. The lowest BCUT2D eigenvalue weighted by atomic mass is 9.99. The second-order valence-electron chi connectivity index (χ2n) is 5.56. The normalized spacial score (nSPS) is 12.9. The Bertz CT molecular complexity index is 577. The van der Waals surface area contributed by atoms with Gasteiger partial charge in [0.2, 0.25) is 0 Å². The Morgan fingerprint density at radius 1 is 1.35 bits per heavy atom. The van der Waals surface area contributed by atoms with E-state index in [2.05, 4.69) is 23.9 Å². The number of aromatic nitrogens is 3. The van der Waals surface area contributed by atoms with Crippen LogP contribution in [-0.4, -0.2) is 14.8 Å². The molecule has 1 atom stereocenters. The molecule has 0 saturated heterocycles. The zero-order valence-corrected chi connectivity index (χ0v) is 12.9. The fraction of sp³-hybridized carbons (Fsp3) is 0.467. The van der Waals surface area contributed by atoms with E-state index < -0.39 is 0 Å². The number of nitrogens with two attached hydrogens (primary N) is 1. The standard InChI is InChI=1S/C15H21ClN4/c1-10(2)8-20-15(18-9-19-20)7-14(17)13-6-12(16)5-4-11(13)3/h4-6,9-10,14H,7-8,17H2,1-3H3. The average Bonchev–Trinajstić information content (AvgIpc) is 2.78. The molecule has 1 aromatic heterocycles. The molecule has 2 rings (SSSR count). The van der Waals surface area contributed by atoms with Crippen LogP contribution < -0.4 is 5.73 Å². The van der Waals surface area contributed by atoms with Gasteiger partial charge in [-0.3, -0.25) is 0 Å². The fourth-order valence-corrected chi connectivity index (χ4v) is 2.44. The average molecular weight is 293 g/mol. The van der Waals surface area contributed by atoms with Crippen LogP contribution in [-0.2, 0) is 13.0 Å². The Balaban J connectivity index is 2.17. The molecule has 1 aromatic carbocycles. The van der Waals surface area contributed by atoms with Crippen molar-refractivity contribution >= 4 is 11.6 Å². The van der Waals surface area contributed by atoms with Crippen LogP contribution in [0.1, 0.15) is 36.8 Å². The fourth-order valence-electron chi connectivity index (χ4n) is 2.26. The number of hydrogen-bond donors (Lipinski definition) is 1. The molecule has 0 aliphatic carbocycles. The van der Waals surface area contributed by atoms with Crippen molar-refractivity contribution in [2.75, 3.05) is 0 Å². The van der Waals surface area contributed by atoms with Gasteiger partial charge in [-0.15, -0.1) is 0 Å². The first kappa shape index (κ1) is 15.0. The third kappa shape index (κ3) is 3.58. The van der Waals surface area contributed by atoms with E-state index in [1.165, 1.54) is 0 Å². The minimum Gasteiger partial charge on any atom is -0.324 e. The number of rotatable bonds is 5. The van der Waals surface area contributed by atoms with E-state index >= 15 is 0 Å². The summed E-state index contributed by atoms with van der Waals surface area (Å²) in [5, 5.41) is 4.98. The minimum atomic E-state index is -0.121. The molecule has 108 valence electrons. The van der Waals surface area contributed by atoms with Crippen LogP contribution >= 0.6 is 11.6 Å². The summed E-state index contributed by atoms with van der Waals surface area (Å²) in [6.07, 6.45) is 2.25. The van der Waals surface area contributed by atoms with Gasteiger partial charge in [0.15, 0.2) is 0 Å². The maximum atomic E-state index is 6.32. The van der Waals surface area contributed by atoms with Gasteiger partial charge in [-0.05, 0) is 36.1 Å². The molecule has 1 heterocycles. The highest BCUT2D eigenvalue weighted by Gasteiger charge is 2.15. The molecule has 2 N–H and O–H groups in total. The summed E-state index contributed by atoms with van der Waals surface area (Å²) in [4.78, 5) is 4.33. The third-order valence-electron chi connectivity index (χ3n) is 3.28. The first-order valence-corrected chi connectivity index (χ1v) is 7.23. The molecule has 5 heteroatoms. The van der Waals surface area contributed by atoms with Crippen molar-refractivity contribution in [1.82, 2.24) is 14.8 Å². The molecule has 1 unspecified atom stereocenters. The molecule has 0 bridgehead atoms. The molecule has 0 radical (unpaired) electrons. The molecular weight excluding hydrogens is 272 g/mol. The summed E-state index contributed by atoms with van der Waals surface area (Å²) in [5.74, 6) is 1.45. The topological polar surface area (TPSA) is 56.7 Å². The van der Waals surface area contributed by atoms with Gasteiger partial charge in [0.1, 0.15) is 12.2 Å². The van der Waals surface area contributed by atoms with Crippen molar-refractivity contribution in [1.29, 1.82) is 0 Å². The van der Waals surface area contributed by atoms with Crippen molar-refractivity contribution < 1.29 is 0 Å². The monoisotopic (exact) mass is 292 g/mol. The lowest BCUT2D eigenvalue weighted by Crippen LogP contribution is -2.19. The highest BCUT2D eigenvalue weighted by molar-refractivity contribution is 6.30. The van der Waals surface area contributed by atoms with Gasteiger partial charge in [-0.1, -0.05) is 31.5 Å². The maximum Gasteiger partial charge on any atom is 0.138 e. The van der Waals surface area contributed by atoms with Crippen LogP contribution in [0.4, 0.5) is 0 Å². The van der Waals surface area contributed by atoms with Crippen LogP contribution in [0.2, 0.25) is 5.02 Å². The molecular formula is C15H21ClN4. The second kappa shape index (κ2) is 6.37. The van der Waals surface area contributed by atoms with E-state index in [0.29, 0.717) is 17.4 Å². The number of benzene rings is 1. The van der Waals surface area contributed by atoms with Crippen LogP contribution in [0.15, 0.2) is 24.5 Å². The van der Waals surface area contributed by atoms with Gasteiger partial charge in [0.25, 0.3) is 0 Å². The molecule has 0 fully saturated rings. The lowest BCUT2D eigenvalue weighted by Gasteiger charge is -2.16. The highest BCUT2D eigenvalue weighted by Crippen LogP contribution is 2.22. The summed E-state index contributed by atoms with van der Waals surface area (Å²) in [7, 11) is 0. The van der Waals surface area contributed by atoms with Gasteiger partial charge in [0.05, 0.1) is 0 Å². The zero-order valence-electron chi connectivity index (χ0n) is 12.2. The van der Waals surface area contributed by atoms with E-state index in [1.54, 1.807) is 6.33 Å². The lowest BCUT2D eigenvalue weighted by molar-refractivity contribution is 0.459. The van der Waals surface area contributed by atoms with Gasteiger partial charge in [0, 0.05) is 24.0 Å². The van der Waals surface area contributed by atoms with E-state index in [0.717, 1.165) is 23.5 Å². The Labute approximate surface area is 125 Å². The summed E-state index contributed by atoms with van der Waals surface area (Å²) >= 11 is 6.05. The zero-order chi connectivity index (χ0) is 14.7. The largest absolute Gasteiger partial charge is 0.324 e. The van der Waals surface area contributed by atoms with Gasteiger partial charge >= 0.3 is 0 Å². The third-order valence-corrected chi connectivity index (χ3v) is 3.51. The molecule has 0 spiro atoms. The highest BCUT2D eigenvalue weighted by atomic mass is 35.5. The van der Waals surface area contributed by atoms with Crippen LogP contribution in [0.25, 0.3) is 0 Å². The number of hydrogen-bond acceptors (Lipinski definition) is 3. The molecule has 0 saturated carbocycles. The van der Waals surface area contributed by atoms with Crippen LogP contribution in [0.3, 0.4) is 0 Å². The first-order chi connectivity index (χ1) is 9.47. The molecule has 2 aromatic rings. The van der Waals surface area contributed by atoms with E-state index in [-0.39, 0.29) is 6.04 Å². The van der Waals surface area contributed by atoms with E-state index in [1.807, 2.05) is 29.8 Å². The summed E-state index contributed by atoms with van der Waals surface area (Å²) in [5.41, 5.74) is 8.53. The maximum absolute atomic E-state index is 6.32. The smallest absolute Gasteiger partial charge is 0.138 e. The summed E-state index contributed by atoms with van der Waals surface area (Å²) < 4.78 is 1.93. The van der Waals surface area contributed by atoms with Gasteiger partial charge < -0.3 is 5.73 Å². The second-order valence-corrected chi connectivity index (χ2v) is 6.00. The Kier molecular flexibility index (Phi) is 4.78. The predicted octanol–water partition coefficient (Wildman–Crippen LogP) is 3.14. The first-order valence-electron chi connectivity index (χ1n) is 6.85. The quantitative estimate of drug-likeness (QED) is 0.921. The predicted molar refractivity (Wildman–Crippen MR) is 81.7 cm³/mol. The van der Waals surface area contributed by atoms with Crippen LogP contribution in [0.5, 0.6) is 0 Å². The minimum absolute atomic E-state index is 0.121. The molecule has 20 heavy (non-hydrogen) atoms. The van der Waals surface area contributed by atoms with Gasteiger partial charge in [-0.25, -0.2) is 9.67 Å². The summed E-state index contributed by atoms with van der Waals surface area (Å²) in [6.45, 7) is 7.22. The SMILES string of the molecule is Cc1ccc(Cl)cc1C(N)Cc1ncnn1CC(C)C. The number of halogens is 1. The Morgan fingerprint density at radius 2 is 2.10 bits per heavy atom. The van der Waals surface area contributed by atoms with Crippen molar-refractivity contribution in [2.24, 2.45) is 11.7 Å². The van der Waals surface area contributed by atoms with Gasteiger partial charge in [-0.2, -0.15) is 5.10 Å². The van der Waals surface area contributed by atoms with Crippen molar-refractivity contribution in [3.8, 4) is 0 Å². The molecule has 0 aliphatic rings. The molecule has 4 nitrogen and oxygen atoms in total. The molecule has 0 aliphatic heterocycles. The molecule has 0 amide bonds. The van der Waals surface area contributed by atoms with Crippen molar-refractivity contribution in [3.05, 3.63) is 46.5 Å². The van der Waals surface area contributed by atoms with Crippen molar-refractivity contribution in [2.45, 2.75) is 39.8 Å². The Morgan fingerprint density at radius 3 is 2.80 bits per heavy atom. The number of nitrogens with zero attached hydrogens (tertiary/aromatic N) is 3. The van der Waals surface area contributed by atoms with E-state index in [4.69, 9.17) is 17.3 Å². The summed E-state index contributed by atoms with van der Waals surface area (Å²) in [6, 6.07) is 5.69. The Hall–Kier alpha value is -1.39.